The van der Waals surface area contributed by atoms with E-state index in [0.29, 0.717) is 10.1 Å². The van der Waals surface area contributed by atoms with Crippen molar-refractivity contribution in [3.8, 4) is 5.69 Å². The molecule has 41 heavy (non-hydrogen) atoms. The summed E-state index contributed by atoms with van der Waals surface area (Å²) in [5.41, 5.74) is 3.03. The third kappa shape index (κ3) is 7.29. The average Bonchev–Trinajstić information content (AvgIpc) is 2.90. The molecule has 2 N–H and O–H groups in total. The molecule has 0 aliphatic carbocycles. The van der Waals surface area contributed by atoms with Crippen LogP contribution in [0.2, 0.25) is 0 Å². The Bertz CT molecular complexity index is 1590. The minimum atomic E-state index is -4.64. The summed E-state index contributed by atoms with van der Waals surface area (Å²) in [4.78, 5) is 55.7. The van der Waals surface area contributed by atoms with Crippen molar-refractivity contribution in [3.05, 3.63) is 97.3 Å². The second kappa shape index (κ2) is 12.7. The summed E-state index contributed by atoms with van der Waals surface area (Å²) in [5.74, 6) is -1.61. The van der Waals surface area contributed by atoms with Gasteiger partial charge in [0.2, 0.25) is 0 Å². The Balaban J connectivity index is 2.08. The van der Waals surface area contributed by atoms with E-state index >= 15 is 0 Å². The maximum absolute atomic E-state index is 13.5. The number of nitrogens with zero attached hydrogens (tertiary/aromatic N) is 3. The molecule has 1 aromatic heterocycles. The van der Waals surface area contributed by atoms with Gasteiger partial charge in [-0.05, 0) is 61.2 Å². The summed E-state index contributed by atoms with van der Waals surface area (Å²) in [6, 6.07) is 9.25. The molecule has 0 spiro atoms. The van der Waals surface area contributed by atoms with Crippen LogP contribution in [-0.2, 0) is 27.1 Å². The van der Waals surface area contributed by atoms with Gasteiger partial charge in [-0.25, -0.2) is 14.4 Å². The highest BCUT2D eigenvalue weighted by Gasteiger charge is 2.33. The first-order valence-corrected chi connectivity index (χ1v) is 12.6. The zero-order chi connectivity index (χ0) is 30.5. The zero-order valence-electron chi connectivity index (χ0n) is 22.8. The van der Waals surface area contributed by atoms with E-state index in [1.54, 1.807) is 0 Å². The van der Waals surface area contributed by atoms with Crippen LogP contribution in [0.1, 0.15) is 59.8 Å². The van der Waals surface area contributed by atoms with E-state index < -0.39 is 47.0 Å². The molecule has 0 saturated carbocycles. The molecular formula is C28H29F3N4O6. The topological polar surface area (TPSA) is 135 Å². The SMILES string of the molecule is CCOC(=O)c1cn(-c2ccc(/C(N)=N\OC(=O)CC(C)C)cc2)c(=O)n(Cc2cccc(C(F)(F)F)c2C)c1=O. The number of hydrogen-bond donors (Lipinski definition) is 1. The molecule has 13 heteroatoms. The highest BCUT2D eigenvalue weighted by Crippen LogP contribution is 2.33. The van der Waals surface area contributed by atoms with Crippen LogP contribution in [0.15, 0.2) is 63.4 Å². The van der Waals surface area contributed by atoms with Crippen LogP contribution in [0, 0.1) is 12.8 Å². The predicted molar refractivity (Wildman–Crippen MR) is 144 cm³/mol. The molecule has 0 fully saturated rings. The molecule has 0 unspecified atom stereocenters. The lowest BCUT2D eigenvalue weighted by Gasteiger charge is -2.16. The van der Waals surface area contributed by atoms with Gasteiger partial charge in [-0.1, -0.05) is 31.1 Å². The number of aromatic nitrogens is 2. The minimum absolute atomic E-state index is 0.0564. The van der Waals surface area contributed by atoms with E-state index in [4.69, 9.17) is 15.3 Å². The minimum Gasteiger partial charge on any atom is -0.462 e. The number of oxime groups is 1. The van der Waals surface area contributed by atoms with Crippen molar-refractivity contribution in [1.29, 1.82) is 0 Å². The van der Waals surface area contributed by atoms with Crippen LogP contribution < -0.4 is 17.0 Å². The van der Waals surface area contributed by atoms with Gasteiger partial charge in [-0.3, -0.25) is 13.9 Å². The third-order valence-corrected chi connectivity index (χ3v) is 6.01. The van der Waals surface area contributed by atoms with E-state index in [9.17, 15) is 32.3 Å². The summed E-state index contributed by atoms with van der Waals surface area (Å²) in [6.45, 7) is 5.86. The van der Waals surface area contributed by atoms with Crippen LogP contribution >= 0.6 is 0 Å². The van der Waals surface area contributed by atoms with E-state index in [0.717, 1.165) is 16.8 Å². The van der Waals surface area contributed by atoms with Gasteiger partial charge in [0.25, 0.3) is 5.56 Å². The van der Waals surface area contributed by atoms with Gasteiger partial charge in [-0.2, -0.15) is 13.2 Å². The van der Waals surface area contributed by atoms with E-state index in [2.05, 4.69) is 5.16 Å². The molecule has 0 bridgehead atoms. The number of ether oxygens (including phenoxy) is 1. The number of rotatable bonds is 9. The normalized spacial score (nSPS) is 12.0. The number of hydrogen-bond acceptors (Lipinski definition) is 7. The van der Waals surface area contributed by atoms with E-state index in [1.807, 2.05) is 13.8 Å². The van der Waals surface area contributed by atoms with E-state index in [1.165, 1.54) is 50.2 Å². The van der Waals surface area contributed by atoms with Gasteiger partial charge in [0.1, 0.15) is 5.56 Å². The predicted octanol–water partition coefficient (Wildman–Crippen LogP) is 3.76. The highest BCUT2D eigenvalue weighted by molar-refractivity contribution is 5.97. The average molecular weight is 575 g/mol. The summed E-state index contributed by atoms with van der Waals surface area (Å²) in [7, 11) is 0. The first-order valence-electron chi connectivity index (χ1n) is 12.6. The molecule has 10 nitrogen and oxygen atoms in total. The van der Waals surface area contributed by atoms with Crippen LogP contribution in [-0.4, -0.2) is 33.5 Å². The van der Waals surface area contributed by atoms with Crippen LogP contribution in [0.25, 0.3) is 5.69 Å². The molecule has 0 radical (unpaired) electrons. The monoisotopic (exact) mass is 574 g/mol. The number of benzene rings is 2. The first-order chi connectivity index (χ1) is 19.2. The summed E-state index contributed by atoms with van der Waals surface area (Å²) in [5, 5.41) is 3.62. The van der Waals surface area contributed by atoms with Gasteiger partial charge < -0.3 is 15.3 Å². The van der Waals surface area contributed by atoms with Crippen LogP contribution in [0.5, 0.6) is 0 Å². The quantitative estimate of drug-likeness (QED) is 0.135. The number of alkyl halides is 3. The van der Waals surface area contributed by atoms with Crippen molar-refractivity contribution in [2.45, 2.75) is 46.8 Å². The molecule has 0 atom stereocenters. The summed E-state index contributed by atoms with van der Waals surface area (Å²) >= 11 is 0. The smallest absolute Gasteiger partial charge is 0.416 e. The molecule has 218 valence electrons. The number of nitrogens with two attached hydrogens (primary N) is 1. The Morgan fingerprint density at radius 1 is 1.07 bits per heavy atom. The molecule has 1 heterocycles. The molecule has 0 aliphatic heterocycles. The highest BCUT2D eigenvalue weighted by atomic mass is 19.4. The second-order valence-corrected chi connectivity index (χ2v) is 9.48. The third-order valence-electron chi connectivity index (χ3n) is 6.01. The Labute approximate surface area is 232 Å². The fourth-order valence-electron chi connectivity index (χ4n) is 3.92. The van der Waals surface area contributed by atoms with Crippen molar-refractivity contribution < 1.29 is 32.3 Å². The Morgan fingerprint density at radius 3 is 2.32 bits per heavy atom. The molecule has 0 saturated heterocycles. The Morgan fingerprint density at radius 2 is 1.73 bits per heavy atom. The second-order valence-electron chi connectivity index (χ2n) is 9.48. The number of amidine groups is 1. The van der Waals surface area contributed by atoms with E-state index in [-0.39, 0.29) is 41.6 Å². The van der Waals surface area contributed by atoms with Crippen LogP contribution in [0.4, 0.5) is 13.2 Å². The van der Waals surface area contributed by atoms with Crippen molar-refractivity contribution in [2.24, 2.45) is 16.8 Å². The number of carbonyl (C=O) groups is 2. The number of carbonyl (C=O) groups excluding carboxylic acids is 2. The van der Waals surface area contributed by atoms with Gasteiger partial charge in [0, 0.05) is 11.8 Å². The molecule has 2 aromatic carbocycles. The number of esters is 1. The fraction of sp³-hybridized carbons (Fsp3) is 0.321. The molecule has 0 aliphatic rings. The largest absolute Gasteiger partial charge is 0.462 e. The Kier molecular flexibility index (Phi) is 9.53. The lowest BCUT2D eigenvalue weighted by Crippen LogP contribution is -2.42. The maximum atomic E-state index is 13.5. The fourth-order valence-corrected chi connectivity index (χ4v) is 3.92. The molecule has 3 aromatic rings. The maximum Gasteiger partial charge on any atom is 0.416 e. The Hall–Kier alpha value is -4.68. The van der Waals surface area contributed by atoms with Crippen molar-refractivity contribution >= 4 is 17.8 Å². The van der Waals surface area contributed by atoms with Crippen molar-refractivity contribution in [1.82, 2.24) is 9.13 Å². The lowest BCUT2D eigenvalue weighted by atomic mass is 10.0. The van der Waals surface area contributed by atoms with Crippen LogP contribution in [0.3, 0.4) is 0 Å². The van der Waals surface area contributed by atoms with Gasteiger partial charge in [-0.15, -0.1) is 0 Å². The van der Waals surface area contributed by atoms with Gasteiger partial charge in [0.15, 0.2) is 5.84 Å². The molecule has 0 amide bonds. The first kappa shape index (κ1) is 30.9. The van der Waals surface area contributed by atoms with Crippen molar-refractivity contribution in [3.63, 3.8) is 0 Å². The van der Waals surface area contributed by atoms with Gasteiger partial charge >= 0.3 is 23.8 Å². The number of halogens is 3. The molecule has 3 rings (SSSR count). The van der Waals surface area contributed by atoms with Gasteiger partial charge in [0.05, 0.1) is 30.8 Å². The molecular weight excluding hydrogens is 545 g/mol. The standard InChI is InChI=1S/C28H29F3N4O6/c1-5-40-26(38)21-15-34(20-11-9-18(10-12-20)24(32)33-41-23(36)13-16(2)3)27(39)35(25(21)37)14-19-7-6-8-22(17(19)4)28(29,30)31/h6-12,15-16H,5,13-14H2,1-4H3,(H2,32,33). The summed E-state index contributed by atoms with van der Waals surface area (Å²) < 4.78 is 47.0. The summed E-state index contributed by atoms with van der Waals surface area (Å²) in [6.07, 6.45) is -3.48. The lowest BCUT2D eigenvalue weighted by molar-refractivity contribution is -0.144. The van der Waals surface area contributed by atoms with Crippen molar-refractivity contribution in [2.75, 3.05) is 6.61 Å². The zero-order valence-corrected chi connectivity index (χ0v) is 22.8.